The lowest BCUT2D eigenvalue weighted by molar-refractivity contribution is 0.0698. The van der Waals surface area contributed by atoms with Gasteiger partial charge in [-0.1, -0.05) is 12.1 Å². The maximum absolute atomic E-state index is 13.9. The van der Waals surface area contributed by atoms with E-state index in [9.17, 15) is 18.8 Å². The fraction of sp³-hybridized carbons (Fsp3) is 0. The van der Waals surface area contributed by atoms with Gasteiger partial charge in [0.25, 0.3) is 0 Å². The molecule has 0 bridgehead atoms. The molecule has 0 radical (unpaired) electrons. The topological polar surface area (TPSA) is 98.4 Å². The molecule has 0 unspecified atom stereocenters. The van der Waals surface area contributed by atoms with E-state index in [0.717, 1.165) is 29.5 Å². The van der Waals surface area contributed by atoms with Crippen LogP contribution >= 0.6 is 11.3 Å². The molecule has 0 saturated heterocycles. The Morgan fingerprint density at radius 3 is 2.78 bits per heavy atom. The third-order valence-electron chi connectivity index (χ3n) is 3.46. The van der Waals surface area contributed by atoms with Crippen molar-refractivity contribution < 1.29 is 18.7 Å². The van der Waals surface area contributed by atoms with Gasteiger partial charge in [-0.05, 0) is 30.3 Å². The van der Waals surface area contributed by atoms with Crippen LogP contribution in [0.15, 0.2) is 52.9 Å². The molecule has 0 aliphatic carbocycles. The molecule has 2 aromatic carbocycles. The normalized spacial score (nSPS) is 11.1. The van der Waals surface area contributed by atoms with Gasteiger partial charge in [0.2, 0.25) is 0 Å². The summed E-state index contributed by atoms with van der Waals surface area (Å²) < 4.78 is 27.2. The number of thiazole rings is 1. The molecule has 1 aromatic heterocycles. The zero-order valence-electron chi connectivity index (χ0n) is 13.5. The molecular formula is C18H10F2N4O2S. The number of hydrogen-bond acceptors (Lipinski definition) is 6. The van der Waals surface area contributed by atoms with Crippen LogP contribution in [-0.4, -0.2) is 21.8 Å². The fourth-order valence-electron chi connectivity index (χ4n) is 2.20. The zero-order chi connectivity index (χ0) is 19.4. The Morgan fingerprint density at radius 2 is 2.04 bits per heavy atom. The van der Waals surface area contributed by atoms with Gasteiger partial charge in [0.1, 0.15) is 17.7 Å². The minimum absolute atomic E-state index is 0.0137. The Bertz CT molecular complexity index is 1090. The summed E-state index contributed by atoms with van der Waals surface area (Å²) in [6.45, 7) is 0. The largest absolute Gasteiger partial charge is 0.478 e. The van der Waals surface area contributed by atoms with Crippen LogP contribution in [0.2, 0.25) is 0 Å². The summed E-state index contributed by atoms with van der Waals surface area (Å²) in [7, 11) is 0. The first kappa shape index (κ1) is 18.2. The van der Waals surface area contributed by atoms with E-state index >= 15 is 0 Å². The van der Waals surface area contributed by atoms with Crippen molar-refractivity contribution in [2.45, 2.75) is 0 Å². The van der Waals surface area contributed by atoms with Gasteiger partial charge in [-0.2, -0.15) is 10.4 Å². The van der Waals surface area contributed by atoms with Crippen molar-refractivity contribution in [2.24, 2.45) is 5.10 Å². The summed E-state index contributed by atoms with van der Waals surface area (Å²) in [5, 5.41) is 24.0. The minimum atomic E-state index is -1.15. The smallest absolute Gasteiger partial charge is 0.337 e. The van der Waals surface area contributed by atoms with Crippen molar-refractivity contribution in [3.63, 3.8) is 0 Å². The maximum Gasteiger partial charge on any atom is 0.337 e. The van der Waals surface area contributed by atoms with Crippen molar-refractivity contribution in [1.82, 2.24) is 4.98 Å². The molecule has 134 valence electrons. The number of hydrazone groups is 1. The van der Waals surface area contributed by atoms with E-state index in [1.165, 1.54) is 17.5 Å². The van der Waals surface area contributed by atoms with Gasteiger partial charge in [-0.25, -0.2) is 18.6 Å². The van der Waals surface area contributed by atoms with Gasteiger partial charge in [-0.3, -0.25) is 5.43 Å². The number of carboxylic acid groups (broad SMARTS) is 1. The molecule has 1 heterocycles. The number of nitriles is 1. The number of benzene rings is 2. The van der Waals surface area contributed by atoms with Crippen LogP contribution in [0.3, 0.4) is 0 Å². The van der Waals surface area contributed by atoms with Crippen LogP contribution in [0.1, 0.15) is 15.4 Å². The van der Waals surface area contributed by atoms with E-state index in [1.54, 1.807) is 12.1 Å². The lowest BCUT2D eigenvalue weighted by atomic mass is 10.1. The van der Waals surface area contributed by atoms with Crippen LogP contribution in [0.25, 0.3) is 11.3 Å². The van der Waals surface area contributed by atoms with Gasteiger partial charge in [0, 0.05) is 10.9 Å². The molecule has 3 aromatic rings. The van der Waals surface area contributed by atoms with Crippen LogP contribution in [0, 0.1) is 23.0 Å². The first-order valence-electron chi connectivity index (χ1n) is 7.47. The second-order valence-corrected chi connectivity index (χ2v) is 6.05. The molecule has 0 spiro atoms. The van der Waals surface area contributed by atoms with Gasteiger partial charge in [-0.15, -0.1) is 11.3 Å². The van der Waals surface area contributed by atoms with Crippen molar-refractivity contribution >= 4 is 28.7 Å². The van der Waals surface area contributed by atoms with Crippen molar-refractivity contribution in [3.05, 3.63) is 70.1 Å². The highest BCUT2D eigenvalue weighted by atomic mass is 32.1. The maximum atomic E-state index is 13.9. The molecule has 27 heavy (non-hydrogen) atoms. The summed E-state index contributed by atoms with van der Waals surface area (Å²) in [5.74, 6) is -2.40. The number of nitrogens with zero attached hydrogens (tertiary/aromatic N) is 3. The monoisotopic (exact) mass is 384 g/mol. The molecule has 3 rings (SSSR count). The van der Waals surface area contributed by atoms with Crippen LogP contribution < -0.4 is 5.43 Å². The summed E-state index contributed by atoms with van der Waals surface area (Å²) in [6, 6.07) is 10.9. The average molecular weight is 384 g/mol. The van der Waals surface area contributed by atoms with E-state index < -0.39 is 17.6 Å². The molecule has 2 N–H and O–H groups in total. The number of aromatic carboxylic acids is 1. The van der Waals surface area contributed by atoms with E-state index in [4.69, 9.17) is 5.11 Å². The van der Waals surface area contributed by atoms with Gasteiger partial charge in [0.15, 0.2) is 10.7 Å². The Kier molecular flexibility index (Phi) is 5.19. The number of hydrogen-bond donors (Lipinski definition) is 2. The zero-order valence-corrected chi connectivity index (χ0v) is 14.3. The van der Waals surface area contributed by atoms with Crippen molar-refractivity contribution in [3.8, 4) is 17.3 Å². The van der Waals surface area contributed by atoms with E-state index in [1.807, 2.05) is 6.07 Å². The van der Waals surface area contributed by atoms with E-state index in [0.29, 0.717) is 0 Å². The van der Waals surface area contributed by atoms with Crippen molar-refractivity contribution in [1.29, 1.82) is 5.26 Å². The second kappa shape index (κ2) is 7.72. The molecule has 0 fully saturated rings. The van der Waals surface area contributed by atoms with E-state index in [2.05, 4.69) is 15.5 Å². The standard InChI is InChI=1S/C18H10F2N4O2S/c19-10-5-6-13(20)12(7-10)16-9-27-17(22-16)15(8-21)24-23-14-4-2-1-3-11(14)18(25)26/h1-7,9,23H,(H,25,26)/b24-15+. The molecule has 9 heteroatoms. The van der Waals surface area contributed by atoms with Gasteiger partial charge < -0.3 is 5.11 Å². The highest BCUT2D eigenvalue weighted by Gasteiger charge is 2.15. The number of halogens is 2. The number of para-hydroxylation sites is 1. The van der Waals surface area contributed by atoms with Crippen LogP contribution in [0.5, 0.6) is 0 Å². The predicted molar refractivity (Wildman–Crippen MR) is 96.6 cm³/mol. The first-order valence-corrected chi connectivity index (χ1v) is 8.35. The Balaban J connectivity index is 1.90. The number of nitrogens with one attached hydrogen (secondary N) is 1. The van der Waals surface area contributed by atoms with Crippen molar-refractivity contribution in [2.75, 3.05) is 5.43 Å². The number of aromatic nitrogens is 1. The number of carboxylic acids is 1. The predicted octanol–water partition coefficient (Wildman–Crippen LogP) is 4.13. The van der Waals surface area contributed by atoms with Gasteiger partial charge >= 0.3 is 5.97 Å². The quantitative estimate of drug-likeness (QED) is 0.509. The molecule has 0 saturated carbocycles. The molecule has 0 atom stereocenters. The van der Waals surface area contributed by atoms with Crippen LogP contribution in [0.4, 0.5) is 14.5 Å². The molecule has 6 nitrogen and oxygen atoms in total. The third-order valence-corrected chi connectivity index (χ3v) is 4.31. The summed E-state index contributed by atoms with van der Waals surface area (Å²) in [6.07, 6.45) is 0. The average Bonchev–Trinajstić information content (AvgIpc) is 3.14. The lowest BCUT2D eigenvalue weighted by Crippen LogP contribution is -2.05. The number of anilines is 1. The second-order valence-electron chi connectivity index (χ2n) is 5.20. The number of rotatable bonds is 5. The summed E-state index contributed by atoms with van der Waals surface area (Å²) in [5.41, 5.74) is 2.73. The molecular weight excluding hydrogens is 374 g/mol. The van der Waals surface area contributed by atoms with Crippen LogP contribution in [-0.2, 0) is 0 Å². The molecule has 0 aliphatic rings. The minimum Gasteiger partial charge on any atom is -0.478 e. The lowest BCUT2D eigenvalue weighted by Gasteiger charge is -2.04. The van der Waals surface area contributed by atoms with Gasteiger partial charge in [0.05, 0.1) is 16.9 Å². The SMILES string of the molecule is N#C/C(=N\Nc1ccccc1C(=O)O)c1nc(-c2cc(F)ccc2F)cs1. The Hall–Kier alpha value is -3.64. The third kappa shape index (κ3) is 3.96. The summed E-state index contributed by atoms with van der Waals surface area (Å²) in [4.78, 5) is 15.3. The first-order chi connectivity index (χ1) is 13.0. The molecule has 0 amide bonds. The highest BCUT2D eigenvalue weighted by molar-refractivity contribution is 7.12. The fourth-order valence-corrected chi connectivity index (χ4v) is 2.96. The highest BCUT2D eigenvalue weighted by Crippen LogP contribution is 2.26. The Labute approximate surface area is 156 Å². The number of carbonyl (C=O) groups is 1. The Morgan fingerprint density at radius 1 is 1.26 bits per heavy atom. The van der Waals surface area contributed by atoms with E-state index in [-0.39, 0.29) is 33.2 Å². The summed E-state index contributed by atoms with van der Waals surface area (Å²) >= 11 is 1.03. The molecule has 0 aliphatic heterocycles.